The van der Waals surface area contributed by atoms with Crippen molar-refractivity contribution in [1.29, 1.82) is 0 Å². The standard InChI is InChI=1S/C21H25ClFN5O3/c1-24-21(29)16-4-5-27-19(13-26-12-15-11-25-6-8-31-15)20(16)28-7-9-30-14-2-3-18(23)17(22)10-14/h2-5,7,10,15,25-26H,6,8-9,11-13H2,1H3,(H,24,29). The molecule has 31 heavy (non-hydrogen) atoms. The first kappa shape index (κ1) is 23.1. The molecule has 1 aliphatic heterocycles. The first-order valence-electron chi connectivity index (χ1n) is 9.92. The fourth-order valence-electron chi connectivity index (χ4n) is 3.02. The highest BCUT2D eigenvalue weighted by atomic mass is 35.5. The molecule has 1 saturated heterocycles. The normalized spacial score (nSPS) is 16.4. The van der Waals surface area contributed by atoms with E-state index in [0.29, 0.717) is 42.4 Å². The van der Waals surface area contributed by atoms with Crippen molar-refractivity contribution >= 4 is 29.4 Å². The van der Waals surface area contributed by atoms with Gasteiger partial charge in [0.25, 0.3) is 5.91 Å². The van der Waals surface area contributed by atoms with Crippen molar-refractivity contribution in [2.45, 2.75) is 12.6 Å². The van der Waals surface area contributed by atoms with Crippen molar-refractivity contribution in [2.75, 3.05) is 39.9 Å². The van der Waals surface area contributed by atoms with Crippen LogP contribution in [0, 0.1) is 5.82 Å². The summed E-state index contributed by atoms with van der Waals surface area (Å²) in [6, 6.07) is 5.72. The summed E-state index contributed by atoms with van der Waals surface area (Å²) < 4.78 is 24.5. The minimum atomic E-state index is -0.514. The third-order valence-corrected chi connectivity index (χ3v) is 4.87. The zero-order chi connectivity index (χ0) is 22.1. The summed E-state index contributed by atoms with van der Waals surface area (Å²) in [6.07, 6.45) is 3.19. The number of ether oxygens (including phenoxy) is 2. The Balaban J connectivity index is 1.67. The summed E-state index contributed by atoms with van der Waals surface area (Å²) in [5.74, 6) is -0.361. The van der Waals surface area contributed by atoms with Crippen molar-refractivity contribution in [3.05, 3.63) is 52.6 Å². The predicted octanol–water partition coefficient (Wildman–Crippen LogP) is 2.09. The van der Waals surface area contributed by atoms with Crippen LogP contribution in [0.15, 0.2) is 35.5 Å². The summed E-state index contributed by atoms with van der Waals surface area (Å²) in [7, 11) is 1.56. The summed E-state index contributed by atoms with van der Waals surface area (Å²) in [5, 5.41) is 9.18. The van der Waals surface area contributed by atoms with Gasteiger partial charge in [-0.1, -0.05) is 11.6 Å². The lowest BCUT2D eigenvalue weighted by molar-refractivity contribution is 0.0290. The van der Waals surface area contributed by atoms with E-state index in [9.17, 15) is 9.18 Å². The molecule has 3 N–H and O–H groups in total. The second kappa shape index (κ2) is 11.7. The topological polar surface area (TPSA) is 96.9 Å². The van der Waals surface area contributed by atoms with Crippen LogP contribution in [0.25, 0.3) is 0 Å². The number of nitrogens with one attached hydrogen (secondary N) is 3. The SMILES string of the molecule is CNC(=O)c1ccnc(CNCC2CNCCO2)c1N=CCOc1ccc(F)c(Cl)c1. The highest BCUT2D eigenvalue weighted by Gasteiger charge is 2.16. The van der Waals surface area contributed by atoms with Gasteiger partial charge in [-0.25, -0.2) is 4.39 Å². The number of nitrogens with zero attached hydrogens (tertiary/aromatic N) is 2. The molecule has 1 aliphatic rings. The predicted molar refractivity (Wildman–Crippen MR) is 117 cm³/mol. The molecular formula is C21H25ClFN5O3. The molecule has 1 amide bonds. The average molecular weight is 450 g/mol. The molecule has 10 heteroatoms. The van der Waals surface area contributed by atoms with Crippen LogP contribution < -0.4 is 20.7 Å². The van der Waals surface area contributed by atoms with E-state index in [1.54, 1.807) is 19.3 Å². The number of amides is 1. The molecule has 1 unspecified atom stereocenters. The molecule has 1 fully saturated rings. The van der Waals surface area contributed by atoms with Gasteiger partial charge >= 0.3 is 0 Å². The van der Waals surface area contributed by atoms with Crippen LogP contribution in [0.1, 0.15) is 16.1 Å². The summed E-state index contributed by atoms with van der Waals surface area (Å²) in [4.78, 5) is 21.1. The molecule has 0 saturated carbocycles. The molecule has 1 aromatic carbocycles. The lowest BCUT2D eigenvalue weighted by Crippen LogP contribution is -2.43. The Morgan fingerprint density at radius 3 is 3.10 bits per heavy atom. The first-order valence-corrected chi connectivity index (χ1v) is 10.3. The van der Waals surface area contributed by atoms with Crippen molar-refractivity contribution in [3.8, 4) is 5.75 Å². The van der Waals surface area contributed by atoms with Gasteiger partial charge in [-0.3, -0.25) is 14.8 Å². The molecule has 0 aliphatic carbocycles. The van der Waals surface area contributed by atoms with Crippen molar-refractivity contribution < 1.29 is 18.7 Å². The van der Waals surface area contributed by atoms with Crippen molar-refractivity contribution in [2.24, 2.45) is 4.99 Å². The number of rotatable bonds is 9. The molecule has 2 aromatic rings. The fourth-order valence-corrected chi connectivity index (χ4v) is 3.19. The lowest BCUT2D eigenvalue weighted by Gasteiger charge is -2.23. The third-order valence-electron chi connectivity index (χ3n) is 4.58. The number of hydrogen-bond acceptors (Lipinski definition) is 7. The molecule has 8 nitrogen and oxygen atoms in total. The molecule has 1 aromatic heterocycles. The van der Waals surface area contributed by atoms with E-state index in [-0.39, 0.29) is 23.6 Å². The minimum Gasteiger partial charge on any atom is -0.488 e. The minimum absolute atomic E-state index is 0.0193. The molecule has 0 bridgehead atoms. The Kier molecular flexibility index (Phi) is 8.72. The quantitative estimate of drug-likeness (QED) is 0.507. The van der Waals surface area contributed by atoms with Crippen LogP contribution in [0.5, 0.6) is 5.75 Å². The number of aliphatic imine (C=N–C) groups is 1. The number of halogens is 2. The fraction of sp³-hybridized carbons (Fsp3) is 0.381. The Bertz CT molecular complexity index is 922. The molecule has 3 rings (SSSR count). The van der Waals surface area contributed by atoms with Gasteiger partial charge in [-0.2, -0.15) is 0 Å². The van der Waals surface area contributed by atoms with Gasteiger partial charge in [0.2, 0.25) is 0 Å². The molecule has 2 heterocycles. The van der Waals surface area contributed by atoms with Gasteiger partial charge in [-0.05, 0) is 18.2 Å². The monoisotopic (exact) mass is 449 g/mol. The number of carbonyl (C=O) groups is 1. The van der Waals surface area contributed by atoms with Gasteiger partial charge in [0.05, 0.1) is 34.7 Å². The Morgan fingerprint density at radius 1 is 1.48 bits per heavy atom. The number of carbonyl (C=O) groups excluding carboxylic acids is 1. The highest BCUT2D eigenvalue weighted by Crippen LogP contribution is 2.23. The van der Waals surface area contributed by atoms with Crippen molar-refractivity contribution in [1.82, 2.24) is 20.9 Å². The maximum atomic E-state index is 13.3. The van der Waals surface area contributed by atoms with Crippen LogP contribution in [-0.4, -0.2) is 63.1 Å². The van der Waals surface area contributed by atoms with E-state index in [4.69, 9.17) is 21.1 Å². The second-order valence-electron chi connectivity index (χ2n) is 6.76. The highest BCUT2D eigenvalue weighted by molar-refractivity contribution is 6.30. The summed E-state index contributed by atoms with van der Waals surface area (Å²) in [5.41, 5.74) is 1.50. The van der Waals surface area contributed by atoms with Gasteiger partial charge in [0.15, 0.2) is 0 Å². The maximum absolute atomic E-state index is 13.3. The number of hydrogen-bond donors (Lipinski definition) is 3. The van der Waals surface area contributed by atoms with Gasteiger partial charge in [0.1, 0.15) is 18.2 Å². The van der Waals surface area contributed by atoms with Crippen molar-refractivity contribution in [3.63, 3.8) is 0 Å². The van der Waals surface area contributed by atoms with E-state index < -0.39 is 5.82 Å². The average Bonchev–Trinajstić information content (AvgIpc) is 2.79. The van der Waals surface area contributed by atoms with E-state index in [0.717, 1.165) is 13.1 Å². The first-order chi connectivity index (χ1) is 15.1. The Morgan fingerprint density at radius 2 is 2.35 bits per heavy atom. The molecule has 166 valence electrons. The van der Waals surface area contributed by atoms with Crippen LogP contribution in [0.2, 0.25) is 5.02 Å². The second-order valence-corrected chi connectivity index (χ2v) is 7.17. The zero-order valence-corrected chi connectivity index (χ0v) is 17.9. The van der Waals surface area contributed by atoms with Gasteiger partial charge in [-0.15, -0.1) is 0 Å². The largest absolute Gasteiger partial charge is 0.488 e. The van der Waals surface area contributed by atoms with E-state index >= 15 is 0 Å². The molecule has 0 radical (unpaired) electrons. The molecule has 0 spiro atoms. The Hall–Kier alpha value is -2.59. The summed E-state index contributed by atoms with van der Waals surface area (Å²) >= 11 is 5.76. The smallest absolute Gasteiger partial charge is 0.253 e. The van der Waals surface area contributed by atoms with E-state index in [1.807, 2.05) is 0 Å². The summed E-state index contributed by atoms with van der Waals surface area (Å²) in [6.45, 7) is 3.51. The van der Waals surface area contributed by atoms with Crippen LogP contribution in [0.4, 0.5) is 10.1 Å². The third kappa shape index (κ3) is 6.70. The van der Waals surface area contributed by atoms with E-state index in [2.05, 4.69) is 25.9 Å². The Labute approximate surface area is 185 Å². The van der Waals surface area contributed by atoms with Crippen LogP contribution in [-0.2, 0) is 11.3 Å². The number of pyridine rings is 1. The van der Waals surface area contributed by atoms with E-state index in [1.165, 1.54) is 24.4 Å². The van der Waals surface area contributed by atoms with Crippen LogP contribution in [0.3, 0.4) is 0 Å². The zero-order valence-electron chi connectivity index (χ0n) is 17.2. The van der Waals surface area contributed by atoms with Gasteiger partial charge < -0.3 is 25.4 Å². The molecule has 1 atom stereocenters. The number of morpholine rings is 1. The van der Waals surface area contributed by atoms with Crippen LogP contribution >= 0.6 is 11.6 Å². The van der Waals surface area contributed by atoms with Gasteiger partial charge in [0, 0.05) is 51.7 Å². The number of benzene rings is 1. The maximum Gasteiger partial charge on any atom is 0.253 e. The number of aromatic nitrogens is 1. The molecular weight excluding hydrogens is 425 g/mol. The lowest BCUT2D eigenvalue weighted by atomic mass is 10.1.